The summed E-state index contributed by atoms with van der Waals surface area (Å²) < 4.78 is 36.2. The van der Waals surface area contributed by atoms with E-state index in [0.717, 1.165) is 17.1 Å². The van der Waals surface area contributed by atoms with Gasteiger partial charge >= 0.3 is 0 Å². The van der Waals surface area contributed by atoms with Gasteiger partial charge in [-0.15, -0.1) is 0 Å². The standard InChI is InChI=1S/C17H28N2O5S/c1-7-9-12(3)18-17(20)13-10-15(23-5)16(24-6)11-14(13)19(4)25(21,22)8-2/h10-12H,7-9H2,1-6H3,(H,18,20)/t12-/m0/s1. The van der Waals surface area contributed by atoms with Crippen molar-refractivity contribution < 1.29 is 22.7 Å². The van der Waals surface area contributed by atoms with Crippen molar-refractivity contribution in [2.45, 2.75) is 39.7 Å². The van der Waals surface area contributed by atoms with Crippen LogP contribution < -0.4 is 19.1 Å². The highest BCUT2D eigenvalue weighted by Gasteiger charge is 2.25. The number of methoxy groups -OCH3 is 2. The van der Waals surface area contributed by atoms with Crippen LogP contribution in [0.25, 0.3) is 0 Å². The number of rotatable bonds is 9. The van der Waals surface area contributed by atoms with Crippen LogP contribution in [0.3, 0.4) is 0 Å². The van der Waals surface area contributed by atoms with Crippen molar-refractivity contribution in [3.8, 4) is 11.5 Å². The molecule has 0 aliphatic rings. The molecular formula is C17H28N2O5S. The van der Waals surface area contributed by atoms with Gasteiger partial charge in [-0.05, 0) is 26.3 Å². The normalized spacial score (nSPS) is 12.4. The molecule has 142 valence electrons. The van der Waals surface area contributed by atoms with Gasteiger partial charge in [0.2, 0.25) is 10.0 Å². The highest BCUT2D eigenvalue weighted by Crippen LogP contribution is 2.35. The molecule has 0 aromatic heterocycles. The lowest BCUT2D eigenvalue weighted by atomic mass is 10.1. The van der Waals surface area contributed by atoms with Crippen LogP contribution in [0.4, 0.5) is 5.69 Å². The van der Waals surface area contributed by atoms with Crippen LogP contribution in [0.1, 0.15) is 44.0 Å². The maximum atomic E-state index is 12.7. The van der Waals surface area contributed by atoms with E-state index in [9.17, 15) is 13.2 Å². The summed E-state index contributed by atoms with van der Waals surface area (Å²) in [5, 5.41) is 2.89. The van der Waals surface area contributed by atoms with Crippen molar-refractivity contribution in [3.05, 3.63) is 17.7 Å². The second-order valence-corrected chi connectivity index (χ2v) is 8.04. The minimum Gasteiger partial charge on any atom is -0.493 e. The van der Waals surface area contributed by atoms with Gasteiger partial charge in [0, 0.05) is 19.2 Å². The average Bonchev–Trinajstić information content (AvgIpc) is 2.59. The minimum atomic E-state index is -3.53. The maximum absolute atomic E-state index is 12.7. The van der Waals surface area contributed by atoms with Gasteiger partial charge in [-0.1, -0.05) is 13.3 Å². The maximum Gasteiger partial charge on any atom is 0.253 e. The molecule has 0 saturated carbocycles. The molecule has 1 aromatic carbocycles. The van der Waals surface area contributed by atoms with Crippen molar-refractivity contribution in [2.75, 3.05) is 31.3 Å². The van der Waals surface area contributed by atoms with Crippen LogP contribution in [0.5, 0.6) is 11.5 Å². The summed E-state index contributed by atoms with van der Waals surface area (Å²) in [4.78, 5) is 12.7. The Kier molecular flexibility index (Phi) is 7.54. The lowest BCUT2D eigenvalue weighted by molar-refractivity contribution is 0.0938. The lowest BCUT2D eigenvalue weighted by Gasteiger charge is -2.24. The molecule has 0 aliphatic carbocycles. The van der Waals surface area contributed by atoms with E-state index in [2.05, 4.69) is 5.32 Å². The minimum absolute atomic E-state index is 0.0217. The van der Waals surface area contributed by atoms with E-state index in [4.69, 9.17) is 9.47 Å². The first-order valence-corrected chi connectivity index (χ1v) is 9.86. The van der Waals surface area contributed by atoms with Gasteiger partial charge in [-0.25, -0.2) is 8.42 Å². The van der Waals surface area contributed by atoms with E-state index in [-0.39, 0.29) is 29.0 Å². The number of amides is 1. The smallest absolute Gasteiger partial charge is 0.253 e. The van der Waals surface area contributed by atoms with Gasteiger partial charge in [0.1, 0.15) is 0 Å². The summed E-state index contributed by atoms with van der Waals surface area (Å²) in [5.41, 5.74) is 0.473. The Morgan fingerprint density at radius 1 is 1.20 bits per heavy atom. The number of ether oxygens (including phenoxy) is 2. The zero-order valence-corrected chi connectivity index (χ0v) is 16.6. The average molecular weight is 372 g/mol. The molecule has 0 unspecified atom stereocenters. The van der Waals surface area contributed by atoms with E-state index >= 15 is 0 Å². The second-order valence-electron chi connectivity index (χ2n) is 5.76. The Bertz CT molecular complexity index is 703. The van der Waals surface area contributed by atoms with Crippen molar-refractivity contribution >= 4 is 21.6 Å². The van der Waals surface area contributed by atoms with Gasteiger partial charge in [0.05, 0.1) is 31.2 Å². The van der Waals surface area contributed by atoms with Crippen LogP contribution >= 0.6 is 0 Å². The van der Waals surface area contributed by atoms with Gasteiger partial charge in [0.15, 0.2) is 11.5 Å². The number of anilines is 1. The lowest BCUT2D eigenvalue weighted by Crippen LogP contribution is -2.35. The Morgan fingerprint density at radius 3 is 2.24 bits per heavy atom. The van der Waals surface area contributed by atoms with E-state index in [1.54, 1.807) is 6.92 Å². The molecule has 0 fully saturated rings. The van der Waals surface area contributed by atoms with Crippen molar-refractivity contribution in [2.24, 2.45) is 0 Å². The van der Waals surface area contributed by atoms with Crippen LogP contribution in [-0.4, -0.2) is 47.4 Å². The summed E-state index contributed by atoms with van der Waals surface area (Å²) in [5.74, 6) is 0.288. The number of sulfonamides is 1. The molecule has 1 amide bonds. The molecule has 1 aromatic rings. The Morgan fingerprint density at radius 2 is 1.76 bits per heavy atom. The predicted octanol–water partition coefficient (Wildman–Crippen LogP) is 2.41. The highest BCUT2D eigenvalue weighted by molar-refractivity contribution is 7.92. The van der Waals surface area contributed by atoms with Crippen molar-refractivity contribution in [1.29, 1.82) is 0 Å². The summed E-state index contributed by atoms with van der Waals surface area (Å²) >= 11 is 0. The molecule has 0 bridgehead atoms. The van der Waals surface area contributed by atoms with E-state index < -0.39 is 10.0 Å². The van der Waals surface area contributed by atoms with Crippen LogP contribution in [-0.2, 0) is 10.0 Å². The molecule has 0 aliphatic heterocycles. The molecule has 0 heterocycles. The quantitative estimate of drug-likeness (QED) is 0.719. The van der Waals surface area contributed by atoms with Crippen molar-refractivity contribution in [3.63, 3.8) is 0 Å². The first kappa shape index (κ1) is 21.1. The number of benzene rings is 1. The second kappa shape index (κ2) is 8.94. The number of carbonyl (C=O) groups excluding carboxylic acids is 1. The Labute approximate surface area is 150 Å². The molecule has 7 nitrogen and oxygen atoms in total. The Balaban J connectivity index is 3.44. The molecule has 1 atom stereocenters. The number of nitrogens with zero attached hydrogens (tertiary/aromatic N) is 1. The Hall–Kier alpha value is -1.96. The van der Waals surface area contributed by atoms with Crippen molar-refractivity contribution in [1.82, 2.24) is 5.32 Å². The van der Waals surface area contributed by atoms with Crippen LogP contribution in [0.15, 0.2) is 12.1 Å². The molecule has 0 radical (unpaired) electrons. The van der Waals surface area contributed by atoms with E-state index in [0.29, 0.717) is 11.5 Å². The third-order valence-electron chi connectivity index (χ3n) is 3.97. The zero-order valence-electron chi connectivity index (χ0n) is 15.8. The van der Waals surface area contributed by atoms with Gasteiger partial charge in [-0.3, -0.25) is 9.10 Å². The summed E-state index contributed by atoms with van der Waals surface area (Å²) in [6.45, 7) is 5.50. The molecule has 8 heteroatoms. The van der Waals surface area contributed by atoms with E-state index in [1.165, 1.54) is 33.4 Å². The number of nitrogens with one attached hydrogen (secondary N) is 1. The summed E-state index contributed by atoms with van der Waals surface area (Å²) in [6, 6.07) is 2.99. The van der Waals surface area contributed by atoms with Gasteiger partial charge in [0.25, 0.3) is 5.91 Å². The first-order chi connectivity index (χ1) is 11.7. The largest absolute Gasteiger partial charge is 0.493 e. The zero-order chi connectivity index (χ0) is 19.2. The fourth-order valence-electron chi connectivity index (χ4n) is 2.46. The highest BCUT2D eigenvalue weighted by atomic mass is 32.2. The predicted molar refractivity (Wildman–Crippen MR) is 99.2 cm³/mol. The fourth-order valence-corrected chi connectivity index (χ4v) is 3.30. The third kappa shape index (κ3) is 5.01. The topological polar surface area (TPSA) is 84.9 Å². The molecule has 25 heavy (non-hydrogen) atoms. The number of hydrogen-bond donors (Lipinski definition) is 1. The van der Waals surface area contributed by atoms with Crippen LogP contribution in [0.2, 0.25) is 0 Å². The van der Waals surface area contributed by atoms with Crippen LogP contribution in [0, 0.1) is 0 Å². The molecule has 1 N–H and O–H groups in total. The third-order valence-corrected chi connectivity index (χ3v) is 5.73. The number of hydrogen-bond acceptors (Lipinski definition) is 5. The van der Waals surface area contributed by atoms with Gasteiger partial charge in [-0.2, -0.15) is 0 Å². The SMILES string of the molecule is CCC[C@H](C)NC(=O)c1cc(OC)c(OC)cc1N(C)S(=O)(=O)CC. The fraction of sp³-hybridized carbons (Fsp3) is 0.588. The molecule has 0 spiro atoms. The van der Waals surface area contributed by atoms with Gasteiger partial charge < -0.3 is 14.8 Å². The summed E-state index contributed by atoms with van der Waals surface area (Å²) in [6.07, 6.45) is 1.77. The summed E-state index contributed by atoms with van der Waals surface area (Å²) in [7, 11) is 0.810. The first-order valence-electron chi connectivity index (χ1n) is 8.25. The molecule has 0 saturated heterocycles. The molecule has 1 rings (SSSR count). The number of carbonyl (C=O) groups is 1. The molecular weight excluding hydrogens is 344 g/mol. The monoisotopic (exact) mass is 372 g/mol. The van der Waals surface area contributed by atoms with E-state index in [1.807, 2.05) is 13.8 Å².